The predicted molar refractivity (Wildman–Crippen MR) is 114 cm³/mol. The molecule has 0 aliphatic carbocycles. The molecule has 4 aromatic rings. The summed E-state index contributed by atoms with van der Waals surface area (Å²) in [5, 5.41) is 0.459. The number of anilines is 2. The van der Waals surface area contributed by atoms with Crippen LogP contribution in [-0.4, -0.2) is 35.4 Å². The Labute approximate surface area is 176 Å². The molecule has 0 amide bonds. The smallest absolute Gasteiger partial charge is 0.406 e. The van der Waals surface area contributed by atoms with Gasteiger partial charge in [-0.1, -0.05) is 24.3 Å². The second-order valence-corrected chi connectivity index (χ2v) is 7.03. The largest absolute Gasteiger partial charge is 0.573 e. The van der Waals surface area contributed by atoms with Gasteiger partial charge in [-0.25, -0.2) is 15.0 Å². The summed E-state index contributed by atoms with van der Waals surface area (Å²) in [6, 6.07) is 15.2. The maximum absolute atomic E-state index is 12.7. The van der Waals surface area contributed by atoms with E-state index in [-0.39, 0.29) is 11.6 Å². The molecule has 9 heteroatoms. The molecular weight excluding hydrogens is 407 g/mol. The molecule has 0 aliphatic rings. The molecule has 0 saturated heterocycles. The zero-order chi connectivity index (χ0) is 22.2. The van der Waals surface area contributed by atoms with E-state index in [1.165, 1.54) is 24.5 Å². The average molecular weight is 425 g/mol. The number of hydrogen-bond acceptors (Lipinski definition) is 6. The Morgan fingerprint density at radius 1 is 0.935 bits per heavy atom. The summed E-state index contributed by atoms with van der Waals surface area (Å²) in [4.78, 5) is 14.8. The van der Waals surface area contributed by atoms with E-state index in [9.17, 15) is 13.2 Å². The molecule has 0 unspecified atom stereocenters. The van der Waals surface area contributed by atoms with E-state index >= 15 is 0 Å². The van der Waals surface area contributed by atoms with Crippen molar-refractivity contribution in [3.8, 4) is 28.1 Å². The molecule has 6 nitrogen and oxygen atoms in total. The molecule has 0 atom stereocenters. The highest BCUT2D eigenvalue weighted by atomic mass is 19.4. The Morgan fingerprint density at radius 3 is 2.35 bits per heavy atom. The Kier molecular flexibility index (Phi) is 5.10. The first-order chi connectivity index (χ1) is 14.7. The number of aromatic nitrogens is 3. The van der Waals surface area contributed by atoms with Crippen molar-refractivity contribution in [3.63, 3.8) is 0 Å². The minimum atomic E-state index is -4.79. The molecule has 0 radical (unpaired) electrons. The van der Waals surface area contributed by atoms with E-state index in [1.54, 1.807) is 12.1 Å². The van der Waals surface area contributed by atoms with Crippen molar-refractivity contribution in [2.24, 2.45) is 0 Å². The number of nitrogens with two attached hydrogens (primary N) is 1. The lowest BCUT2D eigenvalue weighted by atomic mass is 9.99. The van der Waals surface area contributed by atoms with Gasteiger partial charge in [0, 0.05) is 25.3 Å². The number of fused-ring (bicyclic) bond motifs is 1. The molecule has 0 aliphatic heterocycles. The second-order valence-electron chi connectivity index (χ2n) is 7.03. The lowest BCUT2D eigenvalue weighted by Gasteiger charge is -2.14. The Bertz CT molecular complexity index is 1240. The molecule has 4 rings (SSSR count). The van der Waals surface area contributed by atoms with Crippen molar-refractivity contribution in [3.05, 3.63) is 60.9 Å². The van der Waals surface area contributed by atoms with E-state index in [0.717, 1.165) is 11.3 Å². The highest BCUT2D eigenvalue weighted by molar-refractivity contribution is 6.01. The summed E-state index contributed by atoms with van der Waals surface area (Å²) in [6.45, 7) is 0. The zero-order valence-electron chi connectivity index (χ0n) is 16.7. The average Bonchev–Trinajstić information content (AvgIpc) is 2.72. The lowest BCUT2D eigenvalue weighted by Crippen LogP contribution is -2.17. The van der Waals surface area contributed by atoms with Crippen molar-refractivity contribution < 1.29 is 17.9 Å². The summed E-state index contributed by atoms with van der Waals surface area (Å²) in [7, 11) is 3.88. The first kappa shape index (κ1) is 20.4. The van der Waals surface area contributed by atoms with Gasteiger partial charge >= 0.3 is 6.36 Å². The third-order valence-electron chi connectivity index (χ3n) is 4.69. The van der Waals surface area contributed by atoms with Gasteiger partial charge in [0.25, 0.3) is 0 Å². The third-order valence-corrected chi connectivity index (χ3v) is 4.69. The normalized spacial score (nSPS) is 11.5. The van der Waals surface area contributed by atoms with Gasteiger partial charge in [-0.15, -0.1) is 13.2 Å². The maximum atomic E-state index is 12.7. The molecule has 0 saturated carbocycles. The van der Waals surface area contributed by atoms with Gasteiger partial charge in [0.05, 0.1) is 11.1 Å². The SMILES string of the molecule is CN(C)c1ccc(-c2cc(-c3cccc(OC(F)(F)F)c3)c3c(N)ncnc3n2)cc1. The number of pyridine rings is 1. The minimum Gasteiger partial charge on any atom is -0.406 e. The topological polar surface area (TPSA) is 77.2 Å². The highest BCUT2D eigenvalue weighted by Gasteiger charge is 2.31. The standard InChI is InChI=1S/C22H18F3N5O/c1-30(2)15-8-6-13(7-9-15)18-11-17(19-20(26)27-12-28-21(19)29-18)14-4-3-5-16(10-14)31-22(23,24)25/h3-12H,1-2H3,(H2,26,27,28,29). The number of rotatable bonds is 4. The Morgan fingerprint density at radius 2 is 1.68 bits per heavy atom. The maximum Gasteiger partial charge on any atom is 0.573 e. The fraction of sp³-hybridized carbons (Fsp3) is 0.136. The molecule has 0 fully saturated rings. The summed E-state index contributed by atoms with van der Waals surface area (Å²) >= 11 is 0. The Hall–Kier alpha value is -3.88. The van der Waals surface area contributed by atoms with Gasteiger partial charge in [0.15, 0.2) is 5.65 Å². The van der Waals surface area contributed by atoms with Crippen LogP contribution in [-0.2, 0) is 0 Å². The van der Waals surface area contributed by atoms with E-state index < -0.39 is 6.36 Å². The first-order valence-electron chi connectivity index (χ1n) is 9.26. The molecule has 0 spiro atoms. The van der Waals surface area contributed by atoms with Gasteiger partial charge in [-0.3, -0.25) is 0 Å². The minimum absolute atomic E-state index is 0.184. The molecule has 2 N–H and O–H groups in total. The zero-order valence-corrected chi connectivity index (χ0v) is 16.7. The molecule has 2 heterocycles. The number of benzene rings is 2. The van der Waals surface area contributed by atoms with Crippen LogP contribution in [0, 0.1) is 0 Å². The summed E-state index contributed by atoms with van der Waals surface area (Å²) in [5.74, 6) is -0.147. The summed E-state index contributed by atoms with van der Waals surface area (Å²) in [5.41, 5.74) is 9.90. The van der Waals surface area contributed by atoms with Gasteiger partial charge in [-0.2, -0.15) is 0 Å². The third kappa shape index (κ3) is 4.35. The van der Waals surface area contributed by atoms with Crippen LogP contribution in [0.5, 0.6) is 5.75 Å². The lowest BCUT2D eigenvalue weighted by molar-refractivity contribution is -0.274. The van der Waals surface area contributed by atoms with Gasteiger partial charge in [0.2, 0.25) is 0 Å². The molecular formula is C22H18F3N5O. The van der Waals surface area contributed by atoms with Crippen LogP contribution < -0.4 is 15.4 Å². The van der Waals surface area contributed by atoms with Crippen molar-refractivity contribution in [1.29, 1.82) is 0 Å². The van der Waals surface area contributed by atoms with Crippen LogP contribution in [0.4, 0.5) is 24.7 Å². The van der Waals surface area contributed by atoms with E-state index in [4.69, 9.17) is 5.73 Å². The summed E-state index contributed by atoms with van der Waals surface area (Å²) < 4.78 is 42.1. The number of nitrogens with zero attached hydrogens (tertiary/aromatic N) is 4. The number of nitrogen functional groups attached to an aromatic ring is 1. The number of ether oxygens (including phenoxy) is 1. The van der Waals surface area contributed by atoms with Gasteiger partial charge < -0.3 is 15.4 Å². The van der Waals surface area contributed by atoms with Crippen LogP contribution in [0.15, 0.2) is 60.9 Å². The second kappa shape index (κ2) is 7.75. The molecule has 2 aromatic heterocycles. The van der Waals surface area contributed by atoms with Crippen LogP contribution in [0.1, 0.15) is 0 Å². The highest BCUT2D eigenvalue weighted by Crippen LogP contribution is 2.36. The molecule has 31 heavy (non-hydrogen) atoms. The van der Waals surface area contributed by atoms with Gasteiger partial charge in [-0.05, 0) is 41.5 Å². The van der Waals surface area contributed by atoms with Crippen LogP contribution in [0.25, 0.3) is 33.4 Å². The molecule has 2 aromatic carbocycles. The monoisotopic (exact) mass is 425 g/mol. The number of alkyl halides is 3. The summed E-state index contributed by atoms with van der Waals surface area (Å²) in [6.07, 6.45) is -3.49. The first-order valence-corrected chi connectivity index (χ1v) is 9.26. The molecule has 0 bridgehead atoms. The predicted octanol–water partition coefficient (Wildman–Crippen LogP) is 4.91. The quantitative estimate of drug-likeness (QED) is 0.501. The number of hydrogen-bond donors (Lipinski definition) is 1. The van der Waals surface area contributed by atoms with Crippen molar-refractivity contribution in [2.45, 2.75) is 6.36 Å². The van der Waals surface area contributed by atoms with Crippen LogP contribution in [0.2, 0.25) is 0 Å². The van der Waals surface area contributed by atoms with Crippen molar-refractivity contribution in [1.82, 2.24) is 15.0 Å². The van der Waals surface area contributed by atoms with Gasteiger partial charge in [0.1, 0.15) is 17.9 Å². The van der Waals surface area contributed by atoms with Crippen molar-refractivity contribution in [2.75, 3.05) is 24.7 Å². The fourth-order valence-electron chi connectivity index (χ4n) is 3.25. The van der Waals surface area contributed by atoms with Crippen LogP contribution >= 0.6 is 0 Å². The van der Waals surface area contributed by atoms with E-state index in [0.29, 0.717) is 27.9 Å². The fourth-order valence-corrected chi connectivity index (χ4v) is 3.25. The molecule has 158 valence electrons. The van der Waals surface area contributed by atoms with Crippen molar-refractivity contribution >= 4 is 22.5 Å². The Balaban J connectivity index is 1.89. The van der Waals surface area contributed by atoms with Crippen LogP contribution in [0.3, 0.4) is 0 Å². The van der Waals surface area contributed by atoms with E-state index in [2.05, 4.69) is 19.7 Å². The van der Waals surface area contributed by atoms with E-state index in [1.807, 2.05) is 43.3 Å². The number of halogens is 3.